The van der Waals surface area contributed by atoms with Gasteiger partial charge in [0.1, 0.15) is 5.75 Å². The van der Waals surface area contributed by atoms with Crippen molar-refractivity contribution in [1.82, 2.24) is 15.0 Å². The summed E-state index contributed by atoms with van der Waals surface area (Å²) >= 11 is 0. The molecule has 0 aliphatic heterocycles. The minimum atomic E-state index is -1.06. The van der Waals surface area contributed by atoms with E-state index in [4.69, 9.17) is 9.84 Å². The van der Waals surface area contributed by atoms with Gasteiger partial charge in [-0.3, -0.25) is 4.98 Å². The van der Waals surface area contributed by atoms with Gasteiger partial charge in [0.2, 0.25) is 0 Å². The molecule has 0 amide bonds. The van der Waals surface area contributed by atoms with Gasteiger partial charge in [-0.15, -0.1) is 0 Å². The Morgan fingerprint density at radius 1 is 1.24 bits per heavy atom. The lowest BCUT2D eigenvalue weighted by Crippen LogP contribution is -1.98. The molecular formula is C11H9N3O3. The minimum Gasteiger partial charge on any atom is -0.478 e. The third-order valence-electron chi connectivity index (χ3n) is 1.93. The first-order chi connectivity index (χ1) is 8.15. The van der Waals surface area contributed by atoms with E-state index in [1.54, 1.807) is 12.4 Å². The van der Waals surface area contributed by atoms with E-state index in [9.17, 15) is 4.79 Å². The van der Waals surface area contributed by atoms with Crippen LogP contribution in [0.15, 0.2) is 30.9 Å². The fourth-order valence-corrected chi connectivity index (χ4v) is 1.13. The Hall–Kier alpha value is -2.50. The Balaban J connectivity index is 2.21. The van der Waals surface area contributed by atoms with Gasteiger partial charge < -0.3 is 9.84 Å². The first kappa shape index (κ1) is 11.0. The highest BCUT2D eigenvalue weighted by Gasteiger charge is 2.06. The third-order valence-corrected chi connectivity index (χ3v) is 1.93. The number of aromatic nitrogens is 3. The maximum atomic E-state index is 10.7. The van der Waals surface area contributed by atoms with Crippen molar-refractivity contribution in [3.05, 3.63) is 42.0 Å². The summed E-state index contributed by atoms with van der Waals surface area (Å²) in [6.45, 7) is 1.86. The van der Waals surface area contributed by atoms with Crippen LogP contribution in [-0.4, -0.2) is 26.0 Å². The number of pyridine rings is 1. The lowest BCUT2D eigenvalue weighted by molar-refractivity contribution is 0.0696. The molecule has 6 heteroatoms. The van der Waals surface area contributed by atoms with Crippen molar-refractivity contribution in [2.24, 2.45) is 0 Å². The van der Waals surface area contributed by atoms with Crippen molar-refractivity contribution in [1.29, 1.82) is 0 Å². The normalized spacial score (nSPS) is 9.94. The van der Waals surface area contributed by atoms with Crippen LogP contribution in [-0.2, 0) is 0 Å². The zero-order valence-electron chi connectivity index (χ0n) is 8.99. The first-order valence-electron chi connectivity index (χ1n) is 4.80. The summed E-state index contributed by atoms with van der Waals surface area (Å²) in [5, 5.41) is 8.78. The smallest absolute Gasteiger partial charge is 0.337 e. The zero-order valence-corrected chi connectivity index (χ0v) is 8.99. The molecule has 0 aliphatic carbocycles. The van der Waals surface area contributed by atoms with Crippen molar-refractivity contribution in [3.63, 3.8) is 0 Å². The molecule has 0 unspecified atom stereocenters. The van der Waals surface area contributed by atoms with E-state index in [0.717, 1.165) is 5.56 Å². The van der Waals surface area contributed by atoms with Crippen molar-refractivity contribution in [2.75, 3.05) is 0 Å². The summed E-state index contributed by atoms with van der Waals surface area (Å²) in [7, 11) is 0. The molecule has 2 rings (SSSR count). The van der Waals surface area contributed by atoms with Crippen molar-refractivity contribution in [2.45, 2.75) is 6.92 Å². The maximum absolute atomic E-state index is 10.7. The fourth-order valence-electron chi connectivity index (χ4n) is 1.13. The fraction of sp³-hybridized carbons (Fsp3) is 0.0909. The first-order valence-corrected chi connectivity index (χ1v) is 4.80. The third kappa shape index (κ3) is 2.75. The van der Waals surface area contributed by atoms with Gasteiger partial charge in [-0.05, 0) is 18.6 Å². The number of hydrogen-bond donors (Lipinski definition) is 1. The zero-order chi connectivity index (χ0) is 12.3. The Bertz CT molecular complexity index is 540. The van der Waals surface area contributed by atoms with E-state index in [1.807, 2.05) is 6.92 Å². The second kappa shape index (κ2) is 4.56. The lowest BCUT2D eigenvalue weighted by atomic mass is 10.3. The van der Waals surface area contributed by atoms with Crippen LogP contribution in [0.4, 0.5) is 0 Å². The van der Waals surface area contributed by atoms with Gasteiger partial charge in [0.05, 0.1) is 11.8 Å². The molecule has 2 aromatic rings. The van der Waals surface area contributed by atoms with Crippen LogP contribution >= 0.6 is 0 Å². The van der Waals surface area contributed by atoms with E-state index >= 15 is 0 Å². The summed E-state index contributed by atoms with van der Waals surface area (Å²) < 4.78 is 5.28. The highest BCUT2D eigenvalue weighted by molar-refractivity contribution is 5.87. The van der Waals surface area contributed by atoms with E-state index in [-0.39, 0.29) is 17.3 Å². The van der Waals surface area contributed by atoms with Crippen LogP contribution in [0.25, 0.3) is 0 Å². The number of hydrogen-bond acceptors (Lipinski definition) is 5. The SMILES string of the molecule is Cc1cnc(Oc2cncc(C(=O)O)c2)nc1. The van der Waals surface area contributed by atoms with Gasteiger partial charge in [-0.2, -0.15) is 0 Å². The summed E-state index contributed by atoms with van der Waals surface area (Å²) in [6.07, 6.45) is 5.86. The van der Waals surface area contributed by atoms with Gasteiger partial charge in [-0.25, -0.2) is 14.8 Å². The molecule has 86 valence electrons. The Labute approximate surface area is 96.9 Å². The van der Waals surface area contributed by atoms with Gasteiger partial charge in [0.25, 0.3) is 0 Å². The highest BCUT2D eigenvalue weighted by Crippen LogP contribution is 2.17. The molecule has 0 atom stereocenters. The average Bonchev–Trinajstić information content (AvgIpc) is 2.32. The molecule has 0 spiro atoms. The van der Waals surface area contributed by atoms with Crippen LogP contribution in [0.1, 0.15) is 15.9 Å². The van der Waals surface area contributed by atoms with Gasteiger partial charge in [0, 0.05) is 18.6 Å². The molecule has 6 nitrogen and oxygen atoms in total. The topological polar surface area (TPSA) is 85.2 Å². The van der Waals surface area contributed by atoms with Crippen molar-refractivity contribution >= 4 is 5.97 Å². The number of aryl methyl sites for hydroxylation is 1. The number of rotatable bonds is 3. The molecule has 2 heterocycles. The molecule has 0 radical (unpaired) electrons. The van der Waals surface area contributed by atoms with Crippen LogP contribution < -0.4 is 4.74 Å². The van der Waals surface area contributed by atoms with E-state index in [2.05, 4.69) is 15.0 Å². The Morgan fingerprint density at radius 2 is 1.94 bits per heavy atom. The van der Waals surface area contributed by atoms with Crippen molar-refractivity contribution < 1.29 is 14.6 Å². The molecule has 0 saturated carbocycles. The Morgan fingerprint density at radius 3 is 2.59 bits per heavy atom. The predicted octanol–water partition coefficient (Wildman–Crippen LogP) is 1.67. The summed E-state index contributed by atoms with van der Waals surface area (Å²) in [5.41, 5.74) is 0.962. The molecule has 0 saturated heterocycles. The largest absolute Gasteiger partial charge is 0.478 e. The molecule has 0 aliphatic rings. The number of carboxylic acids is 1. The molecule has 0 bridgehead atoms. The second-order valence-corrected chi connectivity index (χ2v) is 3.36. The molecule has 17 heavy (non-hydrogen) atoms. The lowest BCUT2D eigenvalue weighted by Gasteiger charge is -2.03. The minimum absolute atomic E-state index is 0.0506. The molecule has 1 N–H and O–H groups in total. The van der Waals surface area contributed by atoms with Crippen LogP contribution in [0, 0.1) is 6.92 Å². The molecular weight excluding hydrogens is 222 g/mol. The Kier molecular flexibility index (Phi) is 2.95. The van der Waals surface area contributed by atoms with E-state index in [0.29, 0.717) is 0 Å². The summed E-state index contributed by atoms with van der Waals surface area (Å²) in [6, 6.07) is 1.51. The predicted molar refractivity (Wildman–Crippen MR) is 58.0 cm³/mol. The van der Waals surface area contributed by atoms with Crippen LogP contribution in [0.2, 0.25) is 0 Å². The van der Waals surface area contributed by atoms with E-state index in [1.165, 1.54) is 18.5 Å². The average molecular weight is 231 g/mol. The molecule has 0 fully saturated rings. The standard InChI is InChI=1S/C11H9N3O3/c1-7-3-13-11(14-4-7)17-9-2-8(10(15)16)5-12-6-9/h2-6H,1H3,(H,15,16). The van der Waals surface area contributed by atoms with E-state index < -0.39 is 5.97 Å². The number of nitrogens with zero attached hydrogens (tertiary/aromatic N) is 3. The quantitative estimate of drug-likeness (QED) is 0.864. The monoisotopic (exact) mass is 231 g/mol. The number of ether oxygens (including phenoxy) is 1. The van der Waals surface area contributed by atoms with Gasteiger partial charge in [-0.1, -0.05) is 0 Å². The second-order valence-electron chi connectivity index (χ2n) is 3.36. The highest BCUT2D eigenvalue weighted by atomic mass is 16.5. The summed E-state index contributed by atoms with van der Waals surface area (Å²) in [4.78, 5) is 22.4. The van der Waals surface area contributed by atoms with Gasteiger partial charge >= 0.3 is 12.0 Å². The number of carboxylic acid groups (broad SMARTS) is 1. The van der Waals surface area contributed by atoms with Gasteiger partial charge in [0.15, 0.2) is 0 Å². The number of aromatic carboxylic acids is 1. The van der Waals surface area contributed by atoms with Crippen molar-refractivity contribution in [3.8, 4) is 11.8 Å². The number of carbonyl (C=O) groups is 1. The maximum Gasteiger partial charge on any atom is 0.337 e. The molecule has 2 aromatic heterocycles. The summed E-state index contributed by atoms with van der Waals surface area (Å²) in [5.74, 6) is -0.776. The van der Waals surface area contributed by atoms with Crippen LogP contribution in [0.3, 0.4) is 0 Å². The van der Waals surface area contributed by atoms with Crippen LogP contribution in [0.5, 0.6) is 11.8 Å². The molecule has 0 aromatic carbocycles.